The minimum absolute atomic E-state index is 0.0961. The second-order valence-electron chi connectivity index (χ2n) is 9.34. The van der Waals surface area contributed by atoms with Crippen LogP contribution < -0.4 is 4.74 Å². The first-order valence-corrected chi connectivity index (χ1v) is 11.5. The Morgan fingerprint density at radius 1 is 1.03 bits per heavy atom. The minimum Gasteiger partial charge on any atom is -0.493 e. The average Bonchev–Trinajstić information content (AvgIpc) is 3.27. The molecule has 158 valence electrons. The lowest BCUT2D eigenvalue weighted by atomic mass is 10.1. The van der Waals surface area contributed by atoms with E-state index in [0.29, 0.717) is 0 Å². The largest absolute Gasteiger partial charge is 0.493 e. The van der Waals surface area contributed by atoms with Gasteiger partial charge in [0.2, 0.25) is 0 Å². The van der Waals surface area contributed by atoms with E-state index in [9.17, 15) is 4.79 Å². The van der Waals surface area contributed by atoms with E-state index in [4.69, 9.17) is 4.74 Å². The zero-order valence-corrected chi connectivity index (χ0v) is 18.0. The first-order chi connectivity index (χ1) is 14.7. The highest BCUT2D eigenvalue weighted by molar-refractivity contribution is 5.94. The van der Waals surface area contributed by atoms with E-state index in [1.54, 1.807) is 0 Å². The Balaban J connectivity index is 1.20. The SMILES string of the molecule is CN(C(=O)c1ccc(OCC2CC2)cc1)C1Cc2ccc(CN3CCCC3)cc2C1. The Kier molecular flexibility index (Phi) is 5.51. The lowest BCUT2D eigenvalue weighted by molar-refractivity contribution is 0.0737. The highest BCUT2D eigenvalue weighted by Gasteiger charge is 2.28. The molecule has 0 N–H and O–H groups in total. The van der Waals surface area contributed by atoms with Crippen LogP contribution in [0.15, 0.2) is 42.5 Å². The molecule has 4 heteroatoms. The van der Waals surface area contributed by atoms with Crippen LogP contribution in [0.1, 0.15) is 52.7 Å². The molecule has 1 heterocycles. The number of benzene rings is 2. The van der Waals surface area contributed by atoms with Gasteiger partial charge in [-0.15, -0.1) is 0 Å². The fraction of sp³-hybridized carbons (Fsp3) is 0.500. The molecular weight excluding hydrogens is 372 g/mol. The number of ether oxygens (including phenoxy) is 1. The van der Waals surface area contributed by atoms with Crippen molar-refractivity contribution in [3.8, 4) is 5.75 Å². The average molecular weight is 405 g/mol. The van der Waals surface area contributed by atoms with E-state index in [-0.39, 0.29) is 11.9 Å². The molecular formula is C26H32N2O2. The topological polar surface area (TPSA) is 32.8 Å². The van der Waals surface area contributed by atoms with Crippen LogP contribution in [-0.4, -0.2) is 48.5 Å². The highest BCUT2D eigenvalue weighted by atomic mass is 16.5. The standard InChI is InChI=1S/C26H32N2O2/c1-27(26(29)21-8-10-25(11-9-21)30-18-19-4-5-19)24-15-22-7-6-20(14-23(22)16-24)17-28-12-2-3-13-28/h6-11,14,19,24H,2-5,12-13,15-18H2,1H3. The van der Waals surface area contributed by atoms with Crippen LogP contribution in [0.2, 0.25) is 0 Å². The number of likely N-dealkylation sites (N-methyl/N-ethyl adjacent to an activating group) is 1. The van der Waals surface area contributed by atoms with Gasteiger partial charge in [0.25, 0.3) is 5.91 Å². The van der Waals surface area contributed by atoms with Crippen molar-refractivity contribution >= 4 is 5.91 Å². The minimum atomic E-state index is 0.0961. The molecule has 1 saturated carbocycles. The maximum atomic E-state index is 13.0. The number of likely N-dealkylation sites (tertiary alicyclic amines) is 1. The Labute approximate surface area is 179 Å². The van der Waals surface area contributed by atoms with Crippen LogP contribution in [-0.2, 0) is 19.4 Å². The third-order valence-corrected chi connectivity index (χ3v) is 6.94. The van der Waals surface area contributed by atoms with Crippen molar-refractivity contribution in [2.75, 3.05) is 26.7 Å². The molecule has 1 saturated heterocycles. The summed E-state index contributed by atoms with van der Waals surface area (Å²) in [7, 11) is 1.95. The Morgan fingerprint density at radius 3 is 2.50 bits per heavy atom. The van der Waals surface area contributed by atoms with Crippen molar-refractivity contribution in [2.24, 2.45) is 5.92 Å². The van der Waals surface area contributed by atoms with Crippen molar-refractivity contribution in [2.45, 2.75) is 51.1 Å². The van der Waals surface area contributed by atoms with Crippen molar-refractivity contribution < 1.29 is 9.53 Å². The second-order valence-corrected chi connectivity index (χ2v) is 9.34. The van der Waals surface area contributed by atoms with Gasteiger partial charge >= 0.3 is 0 Å². The van der Waals surface area contributed by atoms with E-state index < -0.39 is 0 Å². The fourth-order valence-electron chi connectivity index (χ4n) is 4.78. The Morgan fingerprint density at radius 2 is 1.77 bits per heavy atom. The van der Waals surface area contributed by atoms with Gasteiger partial charge in [0.15, 0.2) is 0 Å². The summed E-state index contributed by atoms with van der Waals surface area (Å²) in [5.41, 5.74) is 4.96. The summed E-state index contributed by atoms with van der Waals surface area (Å²) in [6, 6.07) is 14.8. The van der Waals surface area contributed by atoms with Crippen molar-refractivity contribution in [1.82, 2.24) is 9.80 Å². The van der Waals surface area contributed by atoms with Crippen LogP contribution in [0.4, 0.5) is 0 Å². The van der Waals surface area contributed by atoms with Gasteiger partial charge in [0, 0.05) is 25.2 Å². The number of fused-ring (bicyclic) bond motifs is 1. The molecule has 0 radical (unpaired) electrons. The Bertz CT molecular complexity index is 898. The summed E-state index contributed by atoms with van der Waals surface area (Å²) >= 11 is 0. The van der Waals surface area contributed by atoms with Gasteiger partial charge in [-0.1, -0.05) is 18.2 Å². The van der Waals surface area contributed by atoms with Crippen molar-refractivity contribution in [1.29, 1.82) is 0 Å². The lowest BCUT2D eigenvalue weighted by Gasteiger charge is -2.24. The highest BCUT2D eigenvalue weighted by Crippen LogP contribution is 2.30. The summed E-state index contributed by atoms with van der Waals surface area (Å²) in [6.07, 6.45) is 7.12. The summed E-state index contributed by atoms with van der Waals surface area (Å²) in [5, 5.41) is 0. The number of amides is 1. The number of carbonyl (C=O) groups excluding carboxylic acids is 1. The van der Waals surface area contributed by atoms with Gasteiger partial charge < -0.3 is 9.64 Å². The van der Waals surface area contributed by atoms with Gasteiger partial charge in [-0.05, 0) is 98.5 Å². The van der Waals surface area contributed by atoms with Crippen LogP contribution in [0.3, 0.4) is 0 Å². The number of hydrogen-bond acceptors (Lipinski definition) is 3. The van der Waals surface area contributed by atoms with E-state index in [2.05, 4.69) is 23.1 Å². The molecule has 2 aliphatic carbocycles. The second kappa shape index (κ2) is 8.43. The Hall–Kier alpha value is -2.33. The molecule has 0 spiro atoms. The van der Waals surface area contributed by atoms with E-state index in [0.717, 1.165) is 43.2 Å². The van der Waals surface area contributed by atoms with Gasteiger partial charge in [-0.2, -0.15) is 0 Å². The predicted octanol–water partition coefficient (Wildman–Crippen LogP) is 4.31. The van der Waals surface area contributed by atoms with E-state index >= 15 is 0 Å². The maximum Gasteiger partial charge on any atom is 0.253 e. The van der Waals surface area contributed by atoms with Gasteiger partial charge in [0.1, 0.15) is 5.75 Å². The summed E-state index contributed by atoms with van der Waals surface area (Å²) < 4.78 is 5.80. The van der Waals surface area contributed by atoms with Crippen LogP contribution in [0, 0.1) is 5.92 Å². The van der Waals surface area contributed by atoms with Crippen LogP contribution in [0.25, 0.3) is 0 Å². The number of rotatable bonds is 7. The van der Waals surface area contributed by atoms with Gasteiger partial charge in [0.05, 0.1) is 6.61 Å². The van der Waals surface area contributed by atoms with E-state index in [1.165, 1.54) is 55.5 Å². The summed E-state index contributed by atoms with van der Waals surface area (Å²) in [4.78, 5) is 17.5. The molecule has 3 aliphatic rings. The third kappa shape index (κ3) is 4.39. The number of nitrogens with zero attached hydrogens (tertiary/aromatic N) is 2. The smallest absolute Gasteiger partial charge is 0.253 e. The molecule has 1 atom stereocenters. The summed E-state index contributed by atoms with van der Waals surface area (Å²) in [6.45, 7) is 4.30. The molecule has 2 aromatic rings. The molecule has 0 aromatic heterocycles. The first-order valence-electron chi connectivity index (χ1n) is 11.5. The third-order valence-electron chi connectivity index (χ3n) is 6.94. The van der Waals surface area contributed by atoms with Gasteiger partial charge in [-0.25, -0.2) is 0 Å². The molecule has 5 rings (SSSR count). The lowest BCUT2D eigenvalue weighted by Crippen LogP contribution is -2.37. The normalized spacial score (nSPS) is 20.9. The van der Waals surface area contributed by atoms with Crippen LogP contribution >= 0.6 is 0 Å². The number of carbonyl (C=O) groups is 1. The summed E-state index contributed by atoms with van der Waals surface area (Å²) in [5.74, 6) is 1.69. The van der Waals surface area contributed by atoms with Gasteiger partial charge in [-0.3, -0.25) is 9.69 Å². The molecule has 1 unspecified atom stereocenters. The zero-order valence-electron chi connectivity index (χ0n) is 18.0. The van der Waals surface area contributed by atoms with Crippen molar-refractivity contribution in [3.63, 3.8) is 0 Å². The molecule has 1 aliphatic heterocycles. The molecule has 0 bridgehead atoms. The van der Waals surface area contributed by atoms with Crippen molar-refractivity contribution in [3.05, 3.63) is 64.7 Å². The number of hydrogen-bond donors (Lipinski definition) is 0. The van der Waals surface area contributed by atoms with E-state index in [1.807, 2.05) is 36.2 Å². The first kappa shape index (κ1) is 19.6. The molecule has 4 nitrogen and oxygen atoms in total. The molecule has 1 amide bonds. The molecule has 2 aromatic carbocycles. The quantitative estimate of drug-likeness (QED) is 0.689. The van der Waals surface area contributed by atoms with Crippen LogP contribution in [0.5, 0.6) is 5.75 Å². The fourth-order valence-corrected chi connectivity index (χ4v) is 4.78. The molecule has 30 heavy (non-hydrogen) atoms. The monoisotopic (exact) mass is 404 g/mol. The maximum absolute atomic E-state index is 13.0. The zero-order chi connectivity index (χ0) is 20.5. The molecule has 2 fully saturated rings. The predicted molar refractivity (Wildman–Crippen MR) is 119 cm³/mol.